The standard InChI is InChI=1S/C19H16O4/c20-17-15(10-19(22)11-16(17)23-18(19)21)8-6-12-5-7-13-3-1-2-4-14(13)9-12/h1-10,16-17,20,22H,11H2. The summed E-state index contributed by atoms with van der Waals surface area (Å²) in [7, 11) is 0. The van der Waals surface area contributed by atoms with Gasteiger partial charge in [0, 0.05) is 6.42 Å². The minimum absolute atomic E-state index is 0.111. The summed E-state index contributed by atoms with van der Waals surface area (Å²) in [6, 6.07) is 14.1. The van der Waals surface area contributed by atoms with Crippen molar-refractivity contribution < 1.29 is 19.7 Å². The minimum Gasteiger partial charge on any atom is -0.457 e. The zero-order valence-corrected chi connectivity index (χ0v) is 12.3. The van der Waals surface area contributed by atoms with Crippen molar-refractivity contribution in [2.45, 2.75) is 24.2 Å². The Balaban J connectivity index is 1.66. The van der Waals surface area contributed by atoms with E-state index < -0.39 is 23.8 Å². The van der Waals surface area contributed by atoms with E-state index in [9.17, 15) is 15.0 Å². The van der Waals surface area contributed by atoms with E-state index in [2.05, 4.69) is 0 Å². The molecule has 23 heavy (non-hydrogen) atoms. The van der Waals surface area contributed by atoms with Crippen LogP contribution in [0.3, 0.4) is 0 Å². The third kappa shape index (κ3) is 2.36. The number of hydrogen-bond donors (Lipinski definition) is 2. The molecule has 2 bridgehead atoms. The smallest absolute Gasteiger partial charge is 0.342 e. The molecule has 116 valence electrons. The first-order chi connectivity index (χ1) is 11.0. The van der Waals surface area contributed by atoms with Gasteiger partial charge in [-0.15, -0.1) is 0 Å². The number of aliphatic hydroxyl groups is 2. The number of rotatable bonds is 2. The highest BCUT2D eigenvalue weighted by Gasteiger charge is 2.52. The van der Waals surface area contributed by atoms with Crippen LogP contribution in [-0.2, 0) is 9.53 Å². The fourth-order valence-corrected chi connectivity index (χ4v) is 3.19. The molecule has 2 aromatic carbocycles. The van der Waals surface area contributed by atoms with E-state index in [0.29, 0.717) is 5.57 Å². The molecule has 1 fully saturated rings. The van der Waals surface area contributed by atoms with E-state index in [-0.39, 0.29) is 6.42 Å². The summed E-state index contributed by atoms with van der Waals surface area (Å²) in [6.45, 7) is 0. The Hall–Kier alpha value is -2.43. The van der Waals surface area contributed by atoms with Gasteiger partial charge in [-0.1, -0.05) is 48.6 Å². The Morgan fingerprint density at radius 2 is 1.91 bits per heavy atom. The Labute approximate surface area is 133 Å². The second-order valence-corrected chi connectivity index (χ2v) is 6.10. The summed E-state index contributed by atoms with van der Waals surface area (Å²) >= 11 is 0. The molecular weight excluding hydrogens is 292 g/mol. The van der Waals surface area contributed by atoms with Crippen molar-refractivity contribution in [3.05, 3.63) is 65.8 Å². The highest BCUT2D eigenvalue weighted by molar-refractivity contribution is 5.86. The van der Waals surface area contributed by atoms with Crippen LogP contribution in [0.25, 0.3) is 16.8 Å². The monoisotopic (exact) mass is 308 g/mol. The van der Waals surface area contributed by atoms with Crippen LogP contribution in [0.15, 0.2) is 60.2 Å². The average molecular weight is 308 g/mol. The van der Waals surface area contributed by atoms with Crippen molar-refractivity contribution in [2.24, 2.45) is 0 Å². The molecule has 1 saturated heterocycles. The van der Waals surface area contributed by atoms with Gasteiger partial charge >= 0.3 is 5.97 Å². The van der Waals surface area contributed by atoms with E-state index >= 15 is 0 Å². The number of aliphatic hydroxyl groups excluding tert-OH is 1. The summed E-state index contributed by atoms with van der Waals surface area (Å²) in [5.74, 6) is -0.685. The molecule has 0 amide bonds. The van der Waals surface area contributed by atoms with Crippen molar-refractivity contribution in [2.75, 3.05) is 0 Å². The fourth-order valence-electron chi connectivity index (χ4n) is 3.19. The lowest BCUT2D eigenvalue weighted by atomic mass is 9.85. The van der Waals surface area contributed by atoms with Crippen LogP contribution in [-0.4, -0.2) is 34.0 Å². The van der Waals surface area contributed by atoms with E-state index in [0.717, 1.165) is 16.3 Å². The third-order valence-electron chi connectivity index (χ3n) is 4.47. The maximum Gasteiger partial charge on any atom is 0.342 e. The van der Waals surface area contributed by atoms with Gasteiger partial charge < -0.3 is 14.9 Å². The van der Waals surface area contributed by atoms with E-state index in [4.69, 9.17) is 4.74 Å². The van der Waals surface area contributed by atoms with Gasteiger partial charge in [0.15, 0.2) is 5.60 Å². The number of esters is 1. The number of carbonyl (C=O) groups excluding carboxylic acids is 1. The van der Waals surface area contributed by atoms with Gasteiger partial charge in [0.25, 0.3) is 0 Å². The third-order valence-corrected chi connectivity index (χ3v) is 4.47. The van der Waals surface area contributed by atoms with Gasteiger partial charge in [-0.05, 0) is 34.1 Å². The van der Waals surface area contributed by atoms with Crippen LogP contribution in [0.2, 0.25) is 0 Å². The topological polar surface area (TPSA) is 66.8 Å². The Morgan fingerprint density at radius 1 is 1.13 bits per heavy atom. The number of fused-ring (bicyclic) bond motifs is 3. The Morgan fingerprint density at radius 3 is 2.74 bits per heavy atom. The number of carbonyl (C=O) groups is 1. The molecule has 1 aliphatic carbocycles. The summed E-state index contributed by atoms with van der Waals surface area (Å²) in [5.41, 5.74) is -0.121. The Kier molecular flexibility index (Phi) is 3.11. The molecule has 4 heteroatoms. The van der Waals surface area contributed by atoms with Crippen molar-refractivity contribution in [3.63, 3.8) is 0 Å². The first kappa shape index (κ1) is 14.2. The largest absolute Gasteiger partial charge is 0.457 e. The molecule has 0 radical (unpaired) electrons. The van der Waals surface area contributed by atoms with Gasteiger partial charge in [-0.2, -0.15) is 0 Å². The SMILES string of the molecule is O=C1OC2CC1(O)C=C(C=Cc1ccc3ccccc3c1)C2O. The van der Waals surface area contributed by atoms with Crippen LogP contribution >= 0.6 is 0 Å². The van der Waals surface area contributed by atoms with Crippen LogP contribution < -0.4 is 0 Å². The average Bonchev–Trinajstić information content (AvgIpc) is 2.81. The van der Waals surface area contributed by atoms with Crippen molar-refractivity contribution in [1.82, 2.24) is 0 Å². The summed E-state index contributed by atoms with van der Waals surface area (Å²) < 4.78 is 5.02. The molecule has 3 unspecified atom stereocenters. The Bertz CT molecular complexity index is 851. The van der Waals surface area contributed by atoms with Crippen LogP contribution in [0.4, 0.5) is 0 Å². The predicted molar refractivity (Wildman–Crippen MR) is 86.5 cm³/mol. The van der Waals surface area contributed by atoms with Crippen LogP contribution in [0.1, 0.15) is 12.0 Å². The molecule has 1 heterocycles. The molecule has 0 spiro atoms. The van der Waals surface area contributed by atoms with Crippen LogP contribution in [0, 0.1) is 0 Å². The summed E-state index contributed by atoms with van der Waals surface area (Å²) in [5, 5.41) is 22.7. The molecule has 0 aromatic heterocycles. The fraction of sp³-hybridized carbons (Fsp3) is 0.211. The summed E-state index contributed by atoms with van der Waals surface area (Å²) in [4.78, 5) is 11.6. The lowest BCUT2D eigenvalue weighted by Gasteiger charge is -2.24. The molecular formula is C19H16O4. The van der Waals surface area contributed by atoms with Crippen molar-refractivity contribution in [3.8, 4) is 0 Å². The highest BCUT2D eigenvalue weighted by Crippen LogP contribution is 2.37. The van der Waals surface area contributed by atoms with Gasteiger partial charge in [-0.25, -0.2) is 4.79 Å². The van der Waals surface area contributed by atoms with Gasteiger partial charge in [0.2, 0.25) is 0 Å². The quantitative estimate of drug-likeness (QED) is 0.835. The second-order valence-electron chi connectivity index (χ2n) is 6.10. The molecule has 4 nitrogen and oxygen atoms in total. The maximum absolute atomic E-state index is 11.6. The normalized spacial score (nSPS) is 29.8. The number of ether oxygens (including phenoxy) is 1. The van der Waals surface area contributed by atoms with E-state index in [1.807, 2.05) is 48.5 Å². The number of hydrogen-bond acceptors (Lipinski definition) is 4. The molecule has 1 aliphatic heterocycles. The van der Waals surface area contributed by atoms with Gasteiger partial charge in [0.1, 0.15) is 12.2 Å². The molecule has 2 aliphatic rings. The van der Waals surface area contributed by atoms with Crippen molar-refractivity contribution >= 4 is 22.8 Å². The molecule has 3 atom stereocenters. The maximum atomic E-state index is 11.6. The second kappa shape index (κ2) is 5.05. The zero-order valence-electron chi connectivity index (χ0n) is 12.3. The lowest BCUT2D eigenvalue weighted by Crippen LogP contribution is -2.37. The van der Waals surface area contributed by atoms with E-state index in [1.54, 1.807) is 6.08 Å². The zero-order chi connectivity index (χ0) is 16.0. The summed E-state index contributed by atoms with van der Waals surface area (Å²) in [6.07, 6.45) is 3.53. The highest BCUT2D eigenvalue weighted by atomic mass is 16.6. The first-order valence-corrected chi connectivity index (χ1v) is 7.56. The predicted octanol–water partition coefficient (Wildman–Crippen LogP) is 2.20. The first-order valence-electron chi connectivity index (χ1n) is 7.56. The van der Waals surface area contributed by atoms with Gasteiger partial charge in [-0.3, -0.25) is 0 Å². The molecule has 0 saturated carbocycles. The number of benzene rings is 2. The van der Waals surface area contributed by atoms with E-state index in [1.165, 1.54) is 6.08 Å². The molecule has 4 rings (SSSR count). The van der Waals surface area contributed by atoms with Gasteiger partial charge in [0.05, 0.1) is 0 Å². The molecule has 2 aromatic rings. The van der Waals surface area contributed by atoms with Crippen LogP contribution in [0.5, 0.6) is 0 Å². The minimum atomic E-state index is -1.60. The molecule has 2 N–H and O–H groups in total. The van der Waals surface area contributed by atoms with Crippen molar-refractivity contribution in [1.29, 1.82) is 0 Å². The lowest BCUT2D eigenvalue weighted by molar-refractivity contribution is -0.152.